The molecule has 1 aliphatic heterocycles. The third kappa shape index (κ3) is 4.86. The summed E-state index contributed by atoms with van der Waals surface area (Å²) in [6.07, 6.45) is 6.39. The van der Waals surface area contributed by atoms with E-state index in [-0.39, 0.29) is 11.8 Å². The Bertz CT molecular complexity index is 1120. The van der Waals surface area contributed by atoms with Gasteiger partial charge in [-0.1, -0.05) is 29.8 Å². The van der Waals surface area contributed by atoms with E-state index in [4.69, 9.17) is 0 Å². The Kier molecular flexibility index (Phi) is 6.20. The van der Waals surface area contributed by atoms with Crippen LogP contribution in [0.15, 0.2) is 72.1 Å². The number of amides is 1. The van der Waals surface area contributed by atoms with Gasteiger partial charge >= 0.3 is 0 Å². The molecular weight excluding hydrogens is 412 g/mol. The molecule has 0 spiro atoms. The monoisotopic (exact) mass is 438 g/mol. The number of carbonyl (C=O) groups is 1. The first kappa shape index (κ1) is 21.3. The number of piperidine rings is 1. The zero-order valence-corrected chi connectivity index (χ0v) is 18.3. The fraction of sp³-hybridized carbons (Fsp3) is 0.304. The Labute approximate surface area is 182 Å². The van der Waals surface area contributed by atoms with Crippen molar-refractivity contribution in [1.29, 1.82) is 0 Å². The van der Waals surface area contributed by atoms with Gasteiger partial charge in [-0.25, -0.2) is 13.4 Å². The van der Waals surface area contributed by atoms with Crippen molar-refractivity contribution in [2.75, 3.05) is 13.1 Å². The number of nitrogens with one attached hydrogen (secondary N) is 1. The van der Waals surface area contributed by atoms with Gasteiger partial charge in [-0.05, 0) is 49.6 Å². The SMILES string of the molecule is Cc1ccc(S(=O)(=O)N2CCC(C(=O)NCc3ccc(-n4ccnc4)cc3)CC2)cc1. The van der Waals surface area contributed by atoms with E-state index in [1.807, 2.05) is 42.0 Å². The summed E-state index contributed by atoms with van der Waals surface area (Å²) in [5.41, 5.74) is 3.04. The molecule has 0 atom stereocenters. The van der Waals surface area contributed by atoms with Crippen molar-refractivity contribution in [3.05, 3.63) is 78.4 Å². The summed E-state index contributed by atoms with van der Waals surface area (Å²) in [6, 6.07) is 14.8. The third-order valence-electron chi connectivity index (χ3n) is 5.69. The highest BCUT2D eigenvalue weighted by Gasteiger charge is 2.31. The normalized spacial score (nSPS) is 15.6. The van der Waals surface area contributed by atoms with E-state index < -0.39 is 10.0 Å². The zero-order valence-electron chi connectivity index (χ0n) is 17.4. The molecule has 7 nitrogen and oxygen atoms in total. The van der Waals surface area contributed by atoms with Crippen molar-refractivity contribution in [2.24, 2.45) is 5.92 Å². The lowest BCUT2D eigenvalue weighted by Gasteiger charge is -2.30. The number of imidazole rings is 1. The molecule has 8 heteroatoms. The Morgan fingerprint density at radius 3 is 2.35 bits per heavy atom. The van der Waals surface area contributed by atoms with Crippen molar-refractivity contribution in [3.8, 4) is 5.69 Å². The quantitative estimate of drug-likeness (QED) is 0.641. The molecule has 2 aromatic carbocycles. The molecule has 1 N–H and O–H groups in total. The van der Waals surface area contributed by atoms with Crippen molar-refractivity contribution < 1.29 is 13.2 Å². The molecule has 1 amide bonds. The van der Waals surface area contributed by atoms with E-state index in [0.717, 1.165) is 16.8 Å². The first-order valence-electron chi connectivity index (χ1n) is 10.4. The maximum absolute atomic E-state index is 12.8. The summed E-state index contributed by atoms with van der Waals surface area (Å²) >= 11 is 0. The predicted octanol–water partition coefficient (Wildman–Crippen LogP) is 2.90. The van der Waals surface area contributed by atoms with Crippen LogP contribution in [0, 0.1) is 12.8 Å². The number of benzene rings is 2. The number of rotatable bonds is 6. The van der Waals surface area contributed by atoms with Gasteiger partial charge in [-0.15, -0.1) is 0 Å². The van der Waals surface area contributed by atoms with Crippen LogP contribution in [0.3, 0.4) is 0 Å². The Morgan fingerprint density at radius 1 is 1.06 bits per heavy atom. The van der Waals surface area contributed by atoms with E-state index in [9.17, 15) is 13.2 Å². The number of carbonyl (C=O) groups excluding carboxylic acids is 1. The van der Waals surface area contributed by atoms with Crippen LogP contribution in [0.5, 0.6) is 0 Å². The first-order chi connectivity index (χ1) is 14.9. The minimum atomic E-state index is -3.51. The summed E-state index contributed by atoms with van der Waals surface area (Å²) in [5, 5.41) is 2.99. The van der Waals surface area contributed by atoms with Crippen LogP contribution in [-0.4, -0.2) is 41.3 Å². The molecular formula is C23H26N4O3S. The van der Waals surface area contributed by atoms with Gasteiger partial charge in [0.1, 0.15) is 0 Å². The Balaban J connectivity index is 1.29. The molecule has 0 radical (unpaired) electrons. The minimum absolute atomic E-state index is 0.0222. The molecule has 0 unspecified atom stereocenters. The number of hydrogen-bond donors (Lipinski definition) is 1. The molecule has 2 heterocycles. The minimum Gasteiger partial charge on any atom is -0.352 e. The molecule has 0 aliphatic carbocycles. The highest BCUT2D eigenvalue weighted by Crippen LogP contribution is 2.24. The molecule has 1 aromatic heterocycles. The third-order valence-corrected chi connectivity index (χ3v) is 7.60. The van der Waals surface area contributed by atoms with Gasteiger partial charge in [-0.3, -0.25) is 4.79 Å². The number of aryl methyl sites for hydroxylation is 1. The van der Waals surface area contributed by atoms with Gasteiger partial charge in [0, 0.05) is 43.6 Å². The summed E-state index contributed by atoms with van der Waals surface area (Å²) in [7, 11) is -3.51. The van der Waals surface area contributed by atoms with Crippen LogP contribution in [-0.2, 0) is 21.4 Å². The molecule has 0 bridgehead atoms. The predicted molar refractivity (Wildman–Crippen MR) is 118 cm³/mol. The van der Waals surface area contributed by atoms with E-state index in [1.165, 1.54) is 4.31 Å². The number of nitrogens with zero attached hydrogens (tertiary/aromatic N) is 3. The van der Waals surface area contributed by atoms with Crippen molar-refractivity contribution in [3.63, 3.8) is 0 Å². The summed E-state index contributed by atoms with van der Waals surface area (Å²) in [5.74, 6) is -0.194. The lowest BCUT2D eigenvalue weighted by molar-refractivity contribution is -0.126. The topological polar surface area (TPSA) is 84.3 Å². The van der Waals surface area contributed by atoms with Crippen LogP contribution in [0.25, 0.3) is 5.69 Å². The molecule has 1 fully saturated rings. The van der Waals surface area contributed by atoms with Crippen LogP contribution < -0.4 is 5.32 Å². The number of aromatic nitrogens is 2. The smallest absolute Gasteiger partial charge is 0.243 e. The average Bonchev–Trinajstić information content (AvgIpc) is 3.33. The molecule has 4 rings (SSSR count). The summed E-state index contributed by atoms with van der Waals surface area (Å²) in [6.45, 7) is 3.08. The lowest BCUT2D eigenvalue weighted by atomic mass is 9.97. The number of sulfonamides is 1. The largest absolute Gasteiger partial charge is 0.352 e. The Hall–Kier alpha value is -2.97. The highest BCUT2D eigenvalue weighted by atomic mass is 32.2. The van der Waals surface area contributed by atoms with E-state index in [0.29, 0.717) is 37.4 Å². The van der Waals surface area contributed by atoms with Crippen molar-refractivity contribution >= 4 is 15.9 Å². The summed E-state index contributed by atoms with van der Waals surface area (Å²) < 4.78 is 29.0. The standard InChI is InChI=1S/C23H26N4O3S/c1-18-2-8-22(9-3-18)31(29,30)27-13-10-20(11-14-27)23(28)25-16-19-4-6-21(7-5-19)26-15-12-24-17-26/h2-9,12,15,17,20H,10-11,13-14,16H2,1H3,(H,25,28). The fourth-order valence-corrected chi connectivity index (χ4v) is 5.22. The lowest BCUT2D eigenvalue weighted by Crippen LogP contribution is -2.42. The van der Waals surface area contributed by atoms with Crippen LogP contribution in [0.1, 0.15) is 24.0 Å². The fourth-order valence-electron chi connectivity index (χ4n) is 3.75. The molecule has 0 saturated carbocycles. The summed E-state index contributed by atoms with van der Waals surface area (Å²) in [4.78, 5) is 16.9. The van der Waals surface area contributed by atoms with Crippen molar-refractivity contribution in [1.82, 2.24) is 19.2 Å². The molecule has 1 saturated heterocycles. The van der Waals surface area contributed by atoms with E-state index in [2.05, 4.69) is 10.3 Å². The van der Waals surface area contributed by atoms with Crippen molar-refractivity contribution in [2.45, 2.75) is 31.2 Å². The molecule has 162 valence electrons. The van der Waals surface area contributed by atoms with E-state index in [1.54, 1.807) is 36.8 Å². The van der Waals surface area contributed by atoms with Gasteiger partial charge in [0.05, 0.1) is 11.2 Å². The van der Waals surface area contributed by atoms with Crippen LogP contribution >= 0.6 is 0 Å². The second kappa shape index (κ2) is 9.03. The van der Waals surface area contributed by atoms with Gasteiger partial charge in [0.15, 0.2) is 0 Å². The molecule has 31 heavy (non-hydrogen) atoms. The van der Waals surface area contributed by atoms with Crippen LogP contribution in [0.4, 0.5) is 0 Å². The van der Waals surface area contributed by atoms with Crippen LogP contribution in [0.2, 0.25) is 0 Å². The average molecular weight is 439 g/mol. The number of hydrogen-bond acceptors (Lipinski definition) is 4. The van der Waals surface area contributed by atoms with Gasteiger partial charge in [-0.2, -0.15) is 4.31 Å². The highest BCUT2D eigenvalue weighted by molar-refractivity contribution is 7.89. The second-order valence-corrected chi connectivity index (χ2v) is 9.78. The van der Waals surface area contributed by atoms with Gasteiger partial charge in [0.2, 0.25) is 15.9 Å². The Morgan fingerprint density at radius 2 is 1.74 bits per heavy atom. The molecule has 1 aliphatic rings. The molecule has 3 aromatic rings. The van der Waals surface area contributed by atoms with Gasteiger partial charge < -0.3 is 9.88 Å². The second-order valence-electron chi connectivity index (χ2n) is 7.85. The van der Waals surface area contributed by atoms with E-state index >= 15 is 0 Å². The maximum atomic E-state index is 12.8. The zero-order chi connectivity index (χ0) is 21.8. The maximum Gasteiger partial charge on any atom is 0.243 e. The first-order valence-corrected chi connectivity index (χ1v) is 11.8. The van der Waals surface area contributed by atoms with Gasteiger partial charge in [0.25, 0.3) is 0 Å².